The molecule has 1 rings (SSSR count). The molecule has 96 valence electrons. The number of rotatable bonds is 4. The van der Waals surface area contributed by atoms with Gasteiger partial charge < -0.3 is 5.32 Å². The Morgan fingerprint density at radius 1 is 1.41 bits per heavy atom. The molecule has 6 heteroatoms. The first kappa shape index (κ1) is 14.4. The number of hydrogen-bond acceptors (Lipinski definition) is 3. The normalized spacial score (nSPS) is 15.6. The largest absolute Gasteiger partial charge is 0.312 e. The number of benzene rings is 1. The van der Waals surface area contributed by atoms with Crippen molar-refractivity contribution >= 4 is 21.4 Å². The molecule has 2 atom stereocenters. The second-order valence-corrected chi connectivity index (χ2v) is 6.78. The minimum absolute atomic E-state index is 0.348. The van der Waals surface area contributed by atoms with Crippen LogP contribution in [0, 0.1) is 5.82 Å². The maximum absolute atomic E-state index is 13.2. The van der Waals surface area contributed by atoms with Crippen LogP contribution in [-0.4, -0.2) is 27.0 Å². The number of sulfone groups is 1. The molecule has 0 saturated carbocycles. The highest BCUT2D eigenvalue weighted by Gasteiger charge is 2.27. The first-order valence-electron chi connectivity index (χ1n) is 5.08. The molecule has 1 aromatic rings. The average Bonchev–Trinajstić information content (AvgIpc) is 2.22. The standard InChI is InChI=1S/C11H15ClFNO2S/c1-7(17(3,15)16)11(14-2)9-6-8(13)4-5-10(9)12/h4-7,11,14H,1-3H3. The summed E-state index contributed by atoms with van der Waals surface area (Å²) in [7, 11) is -1.62. The first-order chi connectivity index (χ1) is 7.77. The van der Waals surface area contributed by atoms with Crippen molar-refractivity contribution in [1.29, 1.82) is 0 Å². The summed E-state index contributed by atoms with van der Waals surface area (Å²) in [6.45, 7) is 1.57. The maximum Gasteiger partial charge on any atom is 0.151 e. The molecule has 0 radical (unpaired) electrons. The lowest BCUT2D eigenvalue weighted by atomic mass is 10.0. The van der Waals surface area contributed by atoms with E-state index in [1.807, 2.05) is 0 Å². The van der Waals surface area contributed by atoms with Gasteiger partial charge in [-0.3, -0.25) is 0 Å². The van der Waals surface area contributed by atoms with E-state index in [-0.39, 0.29) is 0 Å². The minimum atomic E-state index is -3.24. The van der Waals surface area contributed by atoms with Crippen LogP contribution in [0.5, 0.6) is 0 Å². The van der Waals surface area contributed by atoms with E-state index < -0.39 is 26.9 Å². The van der Waals surface area contributed by atoms with Gasteiger partial charge in [-0.15, -0.1) is 0 Å². The second-order valence-electron chi connectivity index (χ2n) is 3.97. The molecule has 2 unspecified atom stereocenters. The molecule has 1 N–H and O–H groups in total. The SMILES string of the molecule is CNC(c1cc(F)ccc1Cl)C(C)S(C)(=O)=O. The Balaban J connectivity index is 3.23. The van der Waals surface area contributed by atoms with Crippen molar-refractivity contribution < 1.29 is 12.8 Å². The number of halogens is 2. The molecule has 0 heterocycles. The summed E-state index contributed by atoms with van der Waals surface area (Å²) in [5.74, 6) is -0.439. The van der Waals surface area contributed by atoms with Crippen molar-refractivity contribution in [2.75, 3.05) is 13.3 Å². The van der Waals surface area contributed by atoms with E-state index in [0.29, 0.717) is 10.6 Å². The van der Waals surface area contributed by atoms with E-state index in [1.54, 1.807) is 14.0 Å². The summed E-state index contributed by atoms with van der Waals surface area (Å²) in [4.78, 5) is 0. The summed E-state index contributed by atoms with van der Waals surface area (Å²) in [5, 5.41) is 2.52. The molecule has 0 bridgehead atoms. The van der Waals surface area contributed by atoms with Crippen LogP contribution in [0.25, 0.3) is 0 Å². The van der Waals surface area contributed by atoms with Gasteiger partial charge in [-0.05, 0) is 37.7 Å². The predicted molar refractivity (Wildman–Crippen MR) is 67.5 cm³/mol. The Hall–Kier alpha value is -0.650. The highest BCUT2D eigenvalue weighted by Crippen LogP contribution is 2.28. The van der Waals surface area contributed by atoms with E-state index in [4.69, 9.17) is 11.6 Å². The smallest absolute Gasteiger partial charge is 0.151 e. The fraction of sp³-hybridized carbons (Fsp3) is 0.455. The lowest BCUT2D eigenvalue weighted by molar-refractivity contribution is 0.531. The molecular formula is C11H15ClFNO2S. The molecule has 1 aromatic carbocycles. The van der Waals surface area contributed by atoms with Gasteiger partial charge in [0.25, 0.3) is 0 Å². The molecule has 0 spiro atoms. The molecule has 0 aliphatic heterocycles. The van der Waals surface area contributed by atoms with E-state index in [2.05, 4.69) is 5.32 Å². The van der Waals surface area contributed by atoms with E-state index >= 15 is 0 Å². The van der Waals surface area contributed by atoms with Crippen LogP contribution in [0.1, 0.15) is 18.5 Å². The summed E-state index contributed by atoms with van der Waals surface area (Å²) >= 11 is 5.96. The zero-order valence-electron chi connectivity index (χ0n) is 9.87. The summed E-state index contributed by atoms with van der Waals surface area (Å²) in [6, 6.07) is 3.38. The Bertz CT molecular complexity index is 504. The molecule has 0 amide bonds. The number of hydrogen-bond donors (Lipinski definition) is 1. The van der Waals surface area contributed by atoms with Crippen LogP contribution in [-0.2, 0) is 9.84 Å². The molecular weight excluding hydrogens is 265 g/mol. The minimum Gasteiger partial charge on any atom is -0.312 e. The van der Waals surface area contributed by atoms with Crippen LogP contribution in [0.4, 0.5) is 4.39 Å². The Kier molecular flexibility index (Phi) is 4.52. The van der Waals surface area contributed by atoms with Crippen molar-refractivity contribution in [3.05, 3.63) is 34.6 Å². The lowest BCUT2D eigenvalue weighted by Crippen LogP contribution is -2.33. The summed E-state index contributed by atoms with van der Waals surface area (Å²) < 4.78 is 36.2. The predicted octanol–water partition coefficient (Wildman–Crippen LogP) is 2.17. The third-order valence-corrected chi connectivity index (χ3v) is 4.72. The third-order valence-electron chi connectivity index (χ3n) is 2.75. The van der Waals surface area contributed by atoms with E-state index in [1.165, 1.54) is 18.2 Å². The molecule has 0 fully saturated rings. The first-order valence-corrected chi connectivity index (χ1v) is 7.41. The average molecular weight is 280 g/mol. The van der Waals surface area contributed by atoms with Gasteiger partial charge in [0.2, 0.25) is 0 Å². The van der Waals surface area contributed by atoms with Crippen molar-refractivity contribution in [2.24, 2.45) is 0 Å². The van der Waals surface area contributed by atoms with Gasteiger partial charge in [0.1, 0.15) is 5.82 Å². The van der Waals surface area contributed by atoms with Crippen molar-refractivity contribution in [2.45, 2.75) is 18.2 Å². The van der Waals surface area contributed by atoms with Gasteiger partial charge in [0.05, 0.1) is 11.3 Å². The zero-order valence-corrected chi connectivity index (χ0v) is 11.4. The highest BCUT2D eigenvalue weighted by molar-refractivity contribution is 7.91. The topological polar surface area (TPSA) is 46.2 Å². The summed E-state index contributed by atoms with van der Waals surface area (Å²) in [6.07, 6.45) is 1.15. The molecule has 3 nitrogen and oxygen atoms in total. The molecule has 0 aliphatic rings. The third kappa shape index (κ3) is 3.40. The van der Waals surface area contributed by atoms with Gasteiger partial charge in [0.15, 0.2) is 9.84 Å². The van der Waals surface area contributed by atoms with Gasteiger partial charge >= 0.3 is 0 Å². The van der Waals surface area contributed by atoms with Crippen molar-refractivity contribution in [3.63, 3.8) is 0 Å². The van der Waals surface area contributed by atoms with Gasteiger partial charge in [-0.1, -0.05) is 11.6 Å². The molecule has 17 heavy (non-hydrogen) atoms. The molecule has 0 aliphatic carbocycles. The van der Waals surface area contributed by atoms with Crippen molar-refractivity contribution in [1.82, 2.24) is 5.32 Å². The van der Waals surface area contributed by atoms with Crippen LogP contribution >= 0.6 is 11.6 Å². The van der Waals surface area contributed by atoms with Crippen LogP contribution < -0.4 is 5.32 Å². The number of nitrogens with one attached hydrogen (secondary N) is 1. The Morgan fingerprint density at radius 3 is 2.47 bits per heavy atom. The fourth-order valence-corrected chi connectivity index (χ4v) is 2.66. The van der Waals surface area contributed by atoms with Gasteiger partial charge in [0, 0.05) is 11.3 Å². The Morgan fingerprint density at radius 2 is 2.00 bits per heavy atom. The monoisotopic (exact) mass is 279 g/mol. The molecule has 0 aromatic heterocycles. The lowest BCUT2D eigenvalue weighted by Gasteiger charge is -2.23. The van der Waals surface area contributed by atoms with Gasteiger partial charge in [-0.2, -0.15) is 0 Å². The van der Waals surface area contributed by atoms with E-state index in [9.17, 15) is 12.8 Å². The fourth-order valence-electron chi connectivity index (χ4n) is 1.64. The van der Waals surface area contributed by atoms with Crippen LogP contribution in [0.15, 0.2) is 18.2 Å². The summed E-state index contributed by atoms with van der Waals surface area (Å²) in [5.41, 5.74) is 0.451. The maximum atomic E-state index is 13.2. The van der Waals surface area contributed by atoms with Gasteiger partial charge in [-0.25, -0.2) is 12.8 Å². The zero-order chi connectivity index (χ0) is 13.2. The quantitative estimate of drug-likeness (QED) is 0.919. The molecule has 0 saturated heterocycles. The van der Waals surface area contributed by atoms with Crippen LogP contribution in [0.2, 0.25) is 5.02 Å². The van der Waals surface area contributed by atoms with E-state index in [0.717, 1.165) is 6.26 Å². The second kappa shape index (κ2) is 5.33. The Labute approximate surface area is 106 Å². The highest BCUT2D eigenvalue weighted by atomic mass is 35.5. The van der Waals surface area contributed by atoms with Crippen LogP contribution in [0.3, 0.4) is 0 Å². The van der Waals surface area contributed by atoms with Crippen molar-refractivity contribution in [3.8, 4) is 0 Å².